The van der Waals surface area contributed by atoms with Crippen molar-refractivity contribution in [1.82, 2.24) is 5.32 Å². The smallest absolute Gasteiger partial charge is 0.231 e. The van der Waals surface area contributed by atoms with Gasteiger partial charge in [-0.1, -0.05) is 18.2 Å². The summed E-state index contributed by atoms with van der Waals surface area (Å²) in [6, 6.07) is 9.61. The van der Waals surface area contributed by atoms with Crippen molar-refractivity contribution in [3.63, 3.8) is 0 Å². The molecule has 0 atom stereocenters. The lowest BCUT2D eigenvalue weighted by atomic mass is 10.1. The molecule has 1 aromatic rings. The number of hydrogen-bond acceptors (Lipinski definition) is 2. The second-order valence-corrected chi connectivity index (χ2v) is 4.13. The van der Waals surface area contributed by atoms with E-state index in [1.54, 1.807) is 0 Å². The van der Waals surface area contributed by atoms with E-state index in [1.165, 1.54) is 0 Å². The molecule has 0 spiro atoms. The zero-order chi connectivity index (χ0) is 10.7. The first-order valence-corrected chi connectivity index (χ1v) is 5.28. The maximum atomic E-state index is 11.9. The predicted molar refractivity (Wildman–Crippen MR) is 60.7 cm³/mol. The average Bonchev–Trinajstić information content (AvgIpc) is 3.01. The van der Waals surface area contributed by atoms with Crippen LogP contribution in [0.5, 0.6) is 0 Å². The van der Waals surface area contributed by atoms with Crippen LogP contribution in [-0.2, 0) is 4.79 Å². The lowest BCUT2D eigenvalue weighted by molar-refractivity contribution is -0.120. The van der Waals surface area contributed by atoms with E-state index in [9.17, 15) is 4.79 Å². The number of hydrogen-bond donors (Lipinski definition) is 2. The Hall–Kier alpha value is -1.35. The summed E-state index contributed by atoms with van der Waals surface area (Å²) in [6.07, 6.45) is 1.99. The number of anilines is 1. The van der Waals surface area contributed by atoms with Crippen LogP contribution in [0.25, 0.3) is 0 Å². The third-order valence-electron chi connectivity index (χ3n) is 2.88. The molecule has 1 amide bonds. The Kier molecular flexibility index (Phi) is 2.73. The Bertz CT molecular complexity index is 344. The molecular formula is C12H16N2O. The average molecular weight is 204 g/mol. The summed E-state index contributed by atoms with van der Waals surface area (Å²) >= 11 is 0. The molecule has 2 rings (SSSR count). The number of amides is 1. The summed E-state index contributed by atoms with van der Waals surface area (Å²) in [7, 11) is 1.88. The molecule has 1 saturated carbocycles. The van der Waals surface area contributed by atoms with Crippen molar-refractivity contribution in [2.45, 2.75) is 12.8 Å². The largest absolute Gasteiger partial charge is 0.326 e. The lowest BCUT2D eigenvalue weighted by Gasteiger charge is -2.14. The molecule has 0 heterocycles. The minimum absolute atomic E-state index is 0.142. The topological polar surface area (TPSA) is 41.1 Å². The fourth-order valence-corrected chi connectivity index (χ4v) is 1.76. The predicted octanol–water partition coefficient (Wildman–Crippen LogP) is 1.62. The Morgan fingerprint density at radius 2 is 2.00 bits per heavy atom. The minimum Gasteiger partial charge on any atom is -0.326 e. The van der Waals surface area contributed by atoms with E-state index in [-0.39, 0.29) is 11.3 Å². The van der Waals surface area contributed by atoms with Crippen molar-refractivity contribution >= 4 is 11.6 Å². The molecule has 1 aliphatic rings. The first kappa shape index (κ1) is 10.2. The van der Waals surface area contributed by atoms with Gasteiger partial charge < -0.3 is 10.6 Å². The van der Waals surface area contributed by atoms with Crippen LogP contribution in [0.4, 0.5) is 5.69 Å². The van der Waals surface area contributed by atoms with Gasteiger partial charge in [-0.05, 0) is 32.0 Å². The molecule has 1 aromatic carbocycles. The first-order valence-electron chi connectivity index (χ1n) is 5.28. The third kappa shape index (κ3) is 2.18. The van der Waals surface area contributed by atoms with E-state index in [4.69, 9.17) is 0 Å². The van der Waals surface area contributed by atoms with Crippen molar-refractivity contribution < 1.29 is 4.79 Å². The summed E-state index contributed by atoms with van der Waals surface area (Å²) in [5, 5.41) is 6.03. The SMILES string of the molecule is CNCC1(C(=O)Nc2ccccc2)CC1. The van der Waals surface area contributed by atoms with Crippen LogP contribution in [0.1, 0.15) is 12.8 Å². The van der Waals surface area contributed by atoms with Gasteiger partial charge in [-0.25, -0.2) is 0 Å². The normalized spacial score (nSPS) is 17.1. The van der Waals surface area contributed by atoms with Crippen LogP contribution in [-0.4, -0.2) is 19.5 Å². The molecule has 0 bridgehead atoms. The highest BCUT2D eigenvalue weighted by atomic mass is 16.2. The highest BCUT2D eigenvalue weighted by molar-refractivity contribution is 5.97. The molecule has 0 aliphatic heterocycles. The van der Waals surface area contributed by atoms with Gasteiger partial charge >= 0.3 is 0 Å². The maximum Gasteiger partial charge on any atom is 0.231 e. The van der Waals surface area contributed by atoms with Gasteiger partial charge in [0, 0.05) is 12.2 Å². The molecule has 1 fully saturated rings. The molecule has 1 aliphatic carbocycles. The Morgan fingerprint density at radius 1 is 1.33 bits per heavy atom. The van der Waals surface area contributed by atoms with E-state index in [0.717, 1.165) is 25.1 Å². The molecule has 0 saturated heterocycles. The van der Waals surface area contributed by atoms with Gasteiger partial charge in [0.25, 0.3) is 0 Å². The number of benzene rings is 1. The van der Waals surface area contributed by atoms with E-state index >= 15 is 0 Å². The van der Waals surface area contributed by atoms with E-state index < -0.39 is 0 Å². The van der Waals surface area contributed by atoms with Crippen LogP contribution in [0.15, 0.2) is 30.3 Å². The Labute approximate surface area is 89.9 Å². The number of para-hydroxylation sites is 1. The minimum atomic E-state index is -0.148. The summed E-state index contributed by atoms with van der Waals surface area (Å²) in [5.74, 6) is 0.142. The van der Waals surface area contributed by atoms with E-state index in [1.807, 2.05) is 37.4 Å². The monoisotopic (exact) mass is 204 g/mol. The van der Waals surface area contributed by atoms with Gasteiger partial charge in [-0.2, -0.15) is 0 Å². The molecule has 0 unspecified atom stereocenters. The summed E-state index contributed by atoms with van der Waals surface area (Å²) in [6.45, 7) is 0.770. The van der Waals surface area contributed by atoms with Gasteiger partial charge in [0.05, 0.1) is 5.41 Å². The van der Waals surface area contributed by atoms with Gasteiger partial charge in [-0.3, -0.25) is 4.79 Å². The lowest BCUT2D eigenvalue weighted by Crippen LogP contribution is -2.32. The molecule has 0 radical (unpaired) electrons. The second kappa shape index (κ2) is 4.03. The van der Waals surface area contributed by atoms with Crippen LogP contribution in [0, 0.1) is 5.41 Å². The van der Waals surface area contributed by atoms with Crippen LogP contribution < -0.4 is 10.6 Å². The number of carbonyl (C=O) groups excluding carboxylic acids is 1. The van der Waals surface area contributed by atoms with Crippen molar-refractivity contribution in [2.24, 2.45) is 5.41 Å². The number of nitrogens with one attached hydrogen (secondary N) is 2. The van der Waals surface area contributed by atoms with Gasteiger partial charge in [0.1, 0.15) is 0 Å². The van der Waals surface area contributed by atoms with E-state index in [2.05, 4.69) is 10.6 Å². The molecule has 2 N–H and O–H groups in total. The Balaban J connectivity index is 1.99. The van der Waals surface area contributed by atoms with Crippen LogP contribution in [0.2, 0.25) is 0 Å². The summed E-state index contributed by atoms with van der Waals surface area (Å²) in [5.41, 5.74) is 0.731. The zero-order valence-corrected chi connectivity index (χ0v) is 8.92. The van der Waals surface area contributed by atoms with Gasteiger partial charge in [-0.15, -0.1) is 0 Å². The fourth-order valence-electron chi connectivity index (χ4n) is 1.76. The molecule has 3 nitrogen and oxygen atoms in total. The number of carbonyl (C=O) groups is 1. The van der Waals surface area contributed by atoms with Crippen molar-refractivity contribution in [1.29, 1.82) is 0 Å². The van der Waals surface area contributed by atoms with Crippen LogP contribution in [0.3, 0.4) is 0 Å². The fraction of sp³-hybridized carbons (Fsp3) is 0.417. The molecule has 80 valence electrons. The van der Waals surface area contributed by atoms with Crippen molar-refractivity contribution in [2.75, 3.05) is 18.9 Å². The van der Waals surface area contributed by atoms with Gasteiger partial charge in [0.15, 0.2) is 0 Å². The first-order chi connectivity index (χ1) is 7.27. The molecule has 15 heavy (non-hydrogen) atoms. The molecular weight excluding hydrogens is 188 g/mol. The Morgan fingerprint density at radius 3 is 2.53 bits per heavy atom. The van der Waals surface area contributed by atoms with Crippen molar-refractivity contribution in [3.05, 3.63) is 30.3 Å². The van der Waals surface area contributed by atoms with Crippen molar-refractivity contribution in [3.8, 4) is 0 Å². The zero-order valence-electron chi connectivity index (χ0n) is 8.92. The van der Waals surface area contributed by atoms with E-state index in [0.29, 0.717) is 0 Å². The number of rotatable bonds is 4. The summed E-state index contributed by atoms with van der Waals surface area (Å²) in [4.78, 5) is 11.9. The molecule has 3 heteroatoms. The second-order valence-electron chi connectivity index (χ2n) is 4.13. The standard InChI is InChI=1S/C12H16N2O/c1-13-9-12(7-8-12)11(15)14-10-5-3-2-4-6-10/h2-6,13H,7-9H2,1H3,(H,14,15). The summed E-state index contributed by atoms with van der Waals surface area (Å²) < 4.78 is 0. The highest BCUT2D eigenvalue weighted by Gasteiger charge is 2.49. The molecule has 0 aromatic heterocycles. The quantitative estimate of drug-likeness (QED) is 0.782. The third-order valence-corrected chi connectivity index (χ3v) is 2.88. The van der Waals surface area contributed by atoms with Gasteiger partial charge in [0.2, 0.25) is 5.91 Å². The maximum absolute atomic E-state index is 11.9. The van der Waals surface area contributed by atoms with Crippen LogP contribution >= 0.6 is 0 Å². The highest BCUT2D eigenvalue weighted by Crippen LogP contribution is 2.45.